The smallest absolute Gasteiger partial charge is 0.357 e. The monoisotopic (exact) mass is 450 g/mol. The maximum absolute atomic E-state index is 12.5. The minimum atomic E-state index is -0.534. The van der Waals surface area contributed by atoms with Crippen molar-refractivity contribution in [1.82, 2.24) is 4.98 Å². The topological polar surface area (TPSA) is 22.1 Å². The lowest BCUT2D eigenvalue weighted by atomic mass is 10.2. The minimum absolute atomic E-state index is 0.258. The van der Waals surface area contributed by atoms with Crippen molar-refractivity contribution in [2.24, 2.45) is 0 Å². The van der Waals surface area contributed by atoms with E-state index in [-0.39, 0.29) is 21.2 Å². The lowest BCUT2D eigenvalue weighted by Crippen LogP contribution is -3.61. The second kappa shape index (κ2) is 8.27. The molecule has 0 aliphatic heterocycles. The van der Waals surface area contributed by atoms with Crippen molar-refractivity contribution in [3.05, 3.63) is 77.3 Å². The van der Waals surface area contributed by atoms with E-state index in [2.05, 4.69) is 41.1 Å². The summed E-state index contributed by atoms with van der Waals surface area (Å²) >= 11 is 1.04. The summed E-state index contributed by atoms with van der Waals surface area (Å²) in [6, 6.07) is 16.5. The molecule has 0 bridgehead atoms. The molecule has 0 aliphatic carbocycles. The van der Waals surface area contributed by atoms with Gasteiger partial charge in [0, 0.05) is 17.0 Å². The molecule has 120 valence electrons. The largest absolute Gasteiger partial charge is 0.497 e. The number of alkyl halides is 1. The van der Waals surface area contributed by atoms with Crippen molar-refractivity contribution in [3.63, 3.8) is 0 Å². The Morgan fingerprint density at radius 3 is 2.67 bits per heavy atom. The molecule has 0 unspecified atom stereocenters. The van der Waals surface area contributed by atoms with Gasteiger partial charge in [-0.3, -0.25) is 0 Å². The van der Waals surface area contributed by atoms with Crippen LogP contribution in [0.5, 0.6) is 5.75 Å². The Morgan fingerprint density at radius 2 is 1.96 bits per heavy atom. The maximum atomic E-state index is 12.5. The fraction of sp³-hybridized carbons (Fsp3) is 0.105. The van der Waals surface area contributed by atoms with Crippen LogP contribution in [-0.4, -0.2) is 12.1 Å². The van der Waals surface area contributed by atoms with Gasteiger partial charge in [0.15, 0.2) is 7.14 Å². The molecule has 0 spiro atoms. The number of aromatic nitrogens is 1. The quantitative estimate of drug-likeness (QED) is 0.440. The van der Waals surface area contributed by atoms with E-state index >= 15 is 0 Å². The van der Waals surface area contributed by atoms with E-state index < -0.39 is 6.67 Å². The summed E-state index contributed by atoms with van der Waals surface area (Å²) in [6.07, 6.45) is 0. The molecule has 0 N–H and O–H groups in total. The van der Waals surface area contributed by atoms with E-state index in [0.29, 0.717) is 10.7 Å². The Morgan fingerprint density at radius 1 is 1.12 bits per heavy atom. The molecule has 3 aromatic rings. The van der Waals surface area contributed by atoms with Crippen molar-refractivity contribution in [2.45, 2.75) is 6.67 Å². The van der Waals surface area contributed by atoms with E-state index in [1.54, 1.807) is 12.5 Å². The Labute approximate surface area is 155 Å². The van der Waals surface area contributed by atoms with Gasteiger partial charge in [0.1, 0.15) is 23.1 Å². The van der Waals surface area contributed by atoms with Crippen LogP contribution in [0.4, 0.5) is 4.39 Å². The molecule has 0 amide bonds. The van der Waals surface area contributed by atoms with Crippen LogP contribution in [0, 0.1) is 19.0 Å². The van der Waals surface area contributed by atoms with Crippen LogP contribution in [0.1, 0.15) is 16.3 Å². The fourth-order valence-electron chi connectivity index (χ4n) is 1.95. The normalized spacial score (nSPS) is 10.1. The van der Waals surface area contributed by atoms with E-state index in [1.807, 2.05) is 24.3 Å². The van der Waals surface area contributed by atoms with Gasteiger partial charge in [-0.25, -0.2) is 9.37 Å². The zero-order chi connectivity index (χ0) is 16.8. The molecule has 2 aromatic carbocycles. The first-order valence-electron chi connectivity index (χ1n) is 7.18. The van der Waals surface area contributed by atoms with Gasteiger partial charge in [-0.1, -0.05) is 12.0 Å². The molecule has 0 atom stereocenters. The molecule has 0 radical (unpaired) electrons. The Kier molecular flexibility index (Phi) is 5.83. The van der Waals surface area contributed by atoms with Gasteiger partial charge in [-0.15, -0.1) is 11.3 Å². The molecule has 3 rings (SSSR count). The van der Waals surface area contributed by atoms with Crippen LogP contribution in [0.15, 0.2) is 53.9 Å². The first-order valence-corrected chi connectivity index (χ1v) is 10.2. The van der Waals surface area contributed by atoms with E-state index in [0.717, 1.165) is 11.3 Å². The first-order chi connectivity index (χ1) is 11.8. The van der Waals surface area contributed by atoms with E-state index in [1.165, 1.54) is 18.5 Å². The summed E-state index contributed by atoms with van der Waals surface area (Å²) in [6.45, 7) is -0.534. The summed E-state index contributed by atoms with van der Waals surface area (Å²) in [5, 5.41) is 2.26. The van der Waals surface area contributed by atoms with Crippen LogP contribution in [0.25, 0.3) is 0 Å². The van der Waals surface area contributed by atoms with Gasteiger partial charge < -0.3 is 4.74 Å². The number of hydrogen-bond donors (Lipinski definition) is 0. The molecule has 0 saturated carbocycles. The number of benzene rings is 2. The summed E-state index contributed by atoms with van der Waals surface area (Å²) in [5.41, 5.74) is 1.58. The van der Waals surface area contributed by atoms with Crippen LogP contribution in [0.3, 0.4) is 0 Å². The highest BCUT2D eigenvalue weighted by Gasteiger charge is 2.15. The Hall–Kier alpha value is -1.91. The van der Waals surface area contributed by atoms with Gasteiger partial charge in [-0.2, -0.15) is 0 Å². The molecule has 1 heterocycles. The molecule has 0 aliphatic rings. The zero-order valence-electron chi connectivity index (χ0n) is 12.9. The highest BCUT2D eigenvalue weighted by Crippen LogP contribution is 2.10. The molecule has 24 heavy (non-hydrogen) atoms. The number of methoxy groups -OCH3 is 1. The van der Waals surface area contributed by atoms with Crippen LogP contribution < -0.4 is 25.9 Å². The molecule has 0 fully saturated rings. The third-order valence-electron chi connectivity index (χ3n) is 3.09. The lowest BCUT2D eigenvalue weighted by Gasteiger charge is -1.96. The molecular formula is C19H14FINOS+. The second-order valence-corrected chi connectivity index (χ2v) is 8.75. The SMILES string of the molecule is COc1ccc([I+]c2cccc(C#Cc3csc(CF)n3)c2)cc1. The molecule has 2 nitrogen and oxygen atoms in total. The van der Waals surface area contributed by atoms with Crippen molar-refractivity contribution in [2.75, 3.05) is 7.11 Å². The van der Waals surface area contributed by atoms with Gasteiger partial charge in [0.25, 0.3) is 0 Å². The van der Waals surface area contributed by atoms with Crippen LogP contribution in [0.2, 0.25) is 0 Å². The fourth-order valence-corrected chi connectivity index (χ4v) is 4.84. The lowest BCUT2D eigenvalue weighted by molar-refractivity contribution is -0.597. The van der Waals surface area contributed by atoms with Crippen LogP contribution in [-0.2, 0) is 6.67 Å². The predicted molar refractivity (Wildman–Crippen MR) is 89.7 cm³/mol. The number of nitrogens with zero attached hydrogens (tertiary/aromatic N) is 1. The third-order valence-corrected chi connectivity index (χ3v) is 6.54. The second-order valence-electron chi connectivity index (χ2n) is 4.77. The zero-order valence-corrected chi connectivity index (χ0v) is 15.9. The summed E-state index contributed by atoms with van der Waals surface area (Å²) in [5.74, 6) is 6.99. The number of halogens is 2. The van der Waals surface area contributed by atoms with E-state index in [9.17, 15) is 4.39 Å². The predicted octanol–water partition coefficient (Wildman–Crippen LogP) is 1.15. The average molecular weight is 450 g/mol. The summed E-state index contributed by atoms with van der Waals surface area (Å²) in [4.78, 5) is 4.12. The Bertz CT molecular complexity index is 880. The number of thiazole rings is 1. The first kappa shape index (κ1) is 16.9. The third kappa shape index (κ3) is 4.56. The van der Waals surface area contributed by atoms with Crippen LogP contribution >= 0.6 is 11.3 Å². The van der Waals surface area contributed by atoms with Crippen molar-refractivity contribution in [1.29, 1.82) is 0 Å². The summed E-state index contributed by atoms with van der Waals surface area (Å²) in [7, 11) is 1.67. The van der Waals surface area contributed by atoms with E-state index in [4.69, 9.17) is 4.74 Å². The van der Waals surface area contributed by atoms with Gasteiger partial charge in [-0.05, 0) is 42.3 Å². The maximum Gasteiger partial charge on any atom is 0.357 e. The highest BCUT2D eigenvalue weighted by atomic mass is 127. The number of ether oxygens (including phenoxy) is 1. The minimum Gasteiger partial charge on any atom is -0.497 e. The van der Waals surface area contributed by atoms with Gasteiger partial charge in [0.05, 0.1) is 7.11 Å². The molecular weight excluding hydrogens is 436 g/mol. The number of hydrogen-bond acceptors (Lipinski definition) is 3. The number of rotatable bonds is 4. The molecule has 1 aromatic heterocycles. The summed E-state index contributed by atoms with van der Waals surface area (Å²) < 4.78 is 20.3. The van der Waals surface area contributed by atoms with Crippen molar-refractivity contribution < 1.29 is 30.3 Å². The van der Waals surface area contributed by atoms with Gasteiger partial charge >= 0.3 is 21.2 Å². The van der Waals surface area contributed by atoms with Gasteiger partial charge in [0.2, 0.25) is 0 Å². The van der Waals surface area contributed by atoms with Crippen molar-refractivity contribution >= 4 is 11.3 Å². The average Bonchev–Trinajstić information content (AvgIpc) is 3.09. The Balaban J connectivity index is 1.74. The van der Waals surface area contributed by atoms with Crippen molar-refractivity contribution in [3.8, 4) is 17.6 Å². The standard InChI is InChI=1S/C19H14FINOS/c1-23-18-9-6-15(7-10-18)21-16-4-2-3-14(11-16)5-8-17-13-24-19(12-20)22-17/h2-4,6-7,9-11,13H,12H2,1H3/q+1. The molecule has 5 heteroatoms. The highest BCUT2D eigenvalue weighted by molar-refractivity contribution is 7.09. The molecule has 0 saturated heterocycles.